The van der Waals surface area contributed by atoms with Gasteiger partial charge < -0.3 is 5.11 Å². The number of hydrogen-bond donors (Lipinski definition) is 2. The van der Waals surface area contributed by atoms with Crippen molar-refractivity contribution in [1.29, 1.82) is 0 Å². The summed E-state index contributed by atoms with van der Waals surface area (Å²) in [5.74, 6) is -0.0977. The van der Waals surface area contributed by atoms with Gasteiger partial charge in [-0.1, -0.05) is 60.2 Å². The van der Waals surface area contributed by atoms with Crippen molar-refractivity contribution in [2.24, 2.45) is 0 Å². The fraction of sp³-hybridized carbons (Fsp3) is 0.294. The molecular formula is C17H21NO3S. The van der Waals surface area contributed by atoms with Crippen molar-refractivity contribution in [1.82, 2.24) is 4.72 Å². The van der Waals surface area contributed by atoms with Gasteiger partial charge >= 0.3 is 0 Å². The number of nitrogens with one attached hydrogen (secondary N) is 1. The molecule has 0 spiro atoms. The maximum atomic E-state index is 12.2. The van der Waals surface area contributed by atoms with Crippen LogP contribution in [-0.2, 0) is 21.4 Å². The van der Waals surface area contributed by atoms with Crippen LogP contribution in [0, 0.1) is 6.92 Å². The van der Waals surface area contributed by atoms with Crippen molar-refractivity contribution in [2.75, 3.05) is 6.54 Å². The molecule has 2 rings (SSSR count). The van der Waals surface area contributed by atoms with Gasteiger partial charge in [0.05, 0.1) is 5.75 Å². The van der Waals surface area contributed by atoms with Gasteiger partial charge in [0.2, 0.25) is 10.0 Å². The standard InChI is InChI=1S/C17H21NO3S/c1-14-7-6-8-15(11-14)12-22(20,21)18-13-17(2,19)16-9-4-3-5-10-16/h3-11,18-19H,12-13H2,1-2H3/t17-/m0/s1. The van der Waals surface area contributed by atoms with Crippen LogP contribution in [-0.4, -0.2) is 20.1 Å². The molecule has 2 N–H and O–H groups in total. The highest BCUT2D eigenvalue weighted by molar-refractivity contribution is 7.88. The van der Waals surface area contributed by atoms with Gasteiger partial charge in [-0.05, 0) is 25.0 Å². The second-order valence-corrected chi connectivity index (χ2v) is 7.52. The zero-order valence-corrected chi connectivity index (χ0v) is 13.6. The lowest BCUT2D eigenvalue weighted by atomic mass is 9.97. The molecule has 0 aliphatic rings. The first kappa shape index (κ1) is 16.7. The summed E-state index contributed by atoms with van der Waals surface area (Å²) in [5.41, 5.74) is 1.17. The molecule has 118 valence electrons. The first-order valence-electron chi connectivity index (χ1n) is 7.09. The van der Waals surface area contributed by atoms with Gasteiger partial charge in [0.1, 0.15) is 5.60 Å². The first-order chi connectivity index (χ1) is 10.3. The number of sulfonamides is 1. The van der Waals surface area contributed by atoms with E-state index in [1.165, 1.54) is 0 Å². The number of hydrogen-bond acceptors (Lipinski definition) is 3. The lowest BCUT2D eigenvalue weighted by Gasteiger charge is -2.24. The molecule has 4 nitrogen and oxygen atoms in total. The largest absolute Gasteiger partial charge is 0.384 e. The number of aryl methyl sites for hydroxylation is 1. The fourth-order valence-electron chi connectivity index (χ4n) is 2.22. The lowest BCUT2D eigenvalue weighted by Crippen LogP contribution is -2.39. The summed E-state index contributed by atoms with van der Waals surface area (Å²) < 4.78 is 26.8. The van der Waals surface area contributed by atoms with Crippen molar-refractivity contribution in [2.45, 2.75) is 25.2 Å². The smallest absolute Gasteiger partial charge is 0.215 e. The van der Waals surface area contributed by atoms with Crippen LogP contribution in [0.5, 0.6) is 0 Å². The Labute approximate surface area is 131 Å². The SMILES string of the molecule is Cc1cccc(CS(=O)(=O)NC[C@](C)(O)c2ccccc2)c1. The van der Waals surface area contributed by atoms with Crippen LogP contribution in [0.25, 0.3) is 0 Å². The zero-order chi connectivity index (χ0) is 16.2. The summed E-state index contributed by atoms with van der Waals surface area (Å²) in [6, 6.07) is 16.4. The normalized spacial score (nSPS) is 14.5. The number of aliphatic hydroxyl groups is 1. The van der Waals surface area contributed by atoms with Crippen LogP contribution >= 0.6 is 0 Å². The Hall–Kier alpha value is -1.69. The number of rotatable bonds is 6. The van der Waals surface area contributed by atoms with E-state index < -0.39 is 15.6 Å². The van der Waals surface area contributed by atoms with Crippen LogP contribution < -0.4 is 4.72 Å². The fourth-order valence-corrected chi connectivity index (χ4v) is 3.44. The van der Waals surface area contributed by atoms with Crippen molar-refractivity contribution < 1.29 is 13.5 Å². The van der Waals surface area contributed by atoms with Gasteiger partial charge in [-0.25, -0.2) is 13.1 Å². The zero-order valence-electron chi connectivity index (χ0n) is 12.8. The van der Waals surface area contributed by atoms with E-state index in [0.29, 0.717) is 5.56 Å². The molecule has 0 aromatic heterocycles. The highest BCUT2D eigenvalue weighted by Gasteiger charge is 2.25. The van der Waals surface area contributed by atoms with Gasteiger partial charge in [0.25, 0.3) is 0 Å². The molecule has 2 aromatic carbocycles. The van der Waals surface area contributed by atoms with E-state index in [1.54, 1.807) is 25.1 Å². The second-order valence-electron chi connectivity index (χ2n) is 5.71. The van der Waals surface area contributed by atoms with E-state index in [2.05, 4.69) is 4.72 Å². The maximum Gasteiger partial charge on any atom is 0.215 e. The molecule has 2 aromatic rings. The van der Waals surface area contributed by atoms with Gasteiger partial charge in [-0.15, -0.1) is 0 Å². The predicted octanol–water partition coefficient (Wildman–Crippen LogP) is 2.32. The summed E-state index contributed by atoms with van der Waals surface area (Å²) >= 11 is 0. The molecule has 0 saturated heterocycles. The Balaban J connectivity index is 2.03. The molecule has 0 heterocycles. The number of benzene rings is 2. The van der Waals surface area contributed by atoms with Crippen molar-refractivity contribution in [3.8, 4) is 0 Å². The Kier molecular flexibility index (Phi) is 5.01. The Morgan fingerprint density at radius 1 is 1.09 bits per heavy atom. The molecular weight excluding hydrogens is 298 g/mol. The molecule has 22 heavy (non-hydrogen) atoms. The third-order valence-electron chi connectivity index (χ3n) is 3.47. The third kappa shape index (κ3) is 4.66. The van der Waals surface area contributed by atoms with Crippen LogP contribution in [0.2, 0.25) is 0 Å². The Bertz CT molecular complexity index is 725. The van der Waals surface area contributed by atoms with Gasteiger partial charge in [0, 0.05) is 6.54 Å². The summed E-state index contributed by atoms with van der Waals surface area (Å²) in [5, 5.41) is 10.4. The van der Waals surface area contributed by atoms with Crippen LogP contribution in [0.1, 0.15) is 23.6 Å². The van der Waals surface area contributed by atoms with E-state index in [9.17, 15) is 13.5 Å². The van der Waals surface area contributed by atoms with Gasteiger partial charge in [-0.2, -0.15) is 0 Å². The van der Waals surface area contributed by atoms with Crippen LogP contribution in [0.4, 0.5) is 0 Å². The lowest BCUT2D eigenvalue weighted by molar-refractivity contribution is 0.0627. The van der Waals surface area contributed by atoms with Crippen molar-refractivity contribution in [3.05, 3.63) is 71.3 Å². The topological polar surface area (TPSA) is 66.4 Å². The molecule has 5 heteroatoms. The van der Waals surface area contributed by atoms with Gasteiger partial charge in [-0.3, -0.25) is 0 Å². The highest BCUT2D eigenvalue weighted by atomic mass is 32.2. The summed E-state index contributed by atoms with van der Waals surface area (Å²) in [7, 11) is -3.50. The highest BCUT2D eigenvalue weighted by Crippen LogP contribution is 2.19. The molecule has 0 bridgehead atoms. The molecule has 0 amide bonds. The minimum absolute atomic E-state index is 0.0643. The molecule has 1 atom stereocenters. The van der Waals surface area contributed by atoms with E-state index >= 15 is 0 Å². The average Bonchev–Trinajstić information content (AvgIpc) is 2.46. The molecule has 0 unspecified atom stereocenters. The molecule has 0 aliphatic heterocycles. The van der Waals surface area contributed by atoms with Crippen LogP contribution in [0.3, 0.4) is 0 Å². The summed E-state index contributed by atoms with van der Waals surface area (Å²) in [4.78, 5) is 0. The second kappa shape index (κ2) is 6.60. The third-order valence-corrected chi connectivity index (χ3v) is 4.77. The molecule has 0 fully saturated rings. The minimum atomic E-state index is -3.50. The first-order valence-corrected chi connectivity index (χ1v) is 8.74. The average molecular weight is 319 g/mol. The molecule has 0 saturated carbocycles. The minimum Gasteiger partial charge on any atom is -0.384 e. The quantitative estimate of drug-likeness (QED) is 0.859. The molecule has 0 aliphatic carbocycles. The Morgan fingerprint density at radius 3 is 2.41 bits per heavy atom. The van der Waals surface area contributed by atoms with E-state index in [-0.39, 0.29) is 12.3 Å². The van der Waals surface area contributed by atoms with Crippen molar-refractivity contribution >= 4 is 10.0 Å². The van der Waals surface area contributed by atoms with Gasteiger partial charge in [0.15, 0.2) is 0 Å². The summed E-state index contributed by atoms with van der Waals surface area (Å²) in [6.07, 6.45) is 0. The van der Waals surface area contributed by atoms with Crippen molar-refractivity contribution in [3.63, 3.8) is 0 Å². The maximum absolute atomic E-state index is 12.2. The monoisotopic (exact) mass is 319 g/mol. The van der Waals surface area contributed by atoms with E-state index in [0.717, 1.165) is 11.1 Å². The van der Waals surface area contributed by atoms with Crippen LogP contribution in [0.15, 0.2) is 54.6 Å². The van der Waals surface area contributed by atoms with E-state index in [1.807, 2.05) is 43.3 Å². The van der Waals surface area contributed by atoms with E-state index in [4.69, 9.17) is 0 Å². The molecule has 0 radical (unpaired) electrons. The summed E-state index contributed by atoms with van der Waals surface area (Å²) in [6.45, 7) is 3.45. The predicted molar refractivity (Wildman–Crippen MR) is 87.8 cm³/mol. The Morgan fingerprint density at radius 2 is 1.77 bits per heavy atom.